The second-order valence-corrected chi connectivity index (χ2v) is 5.20. The maximum atomic E-state index is 5.17. The fraction of sp³-hybridized carbons (Fsp3) is 0.588. The number of hydrogen-bond donors (Lipinski definition) is 1. The van der Waals surface area contributed by atoms with E-state index in [0.717, 1.165) is 37.6 Å². The average molecular weight is 419 g/mol. The van der Waals surface area contributed by atoms with Crippen LogP contribution in [0.2, 0.25) is 0 Å². The number of rotatable bonds is 8. The van der Waals surface area contributed by atoms with Gasteiger partial charge in [0.2, 0.25) is 0 Å². The summed E-state index contributed by atoms with van der Waals surface area (Å²) in [5.74, 6) is 1.90. The van der Waals surface area contributed by atoms with Gasteiger partial charge >= 0.3 is 0 Å². The molecular weight excluding hydrogens is 389 g/mol. The van der Waals surface area contributed by atoms with Crippen LogP contribution in [-0.4, -0.2) is 45.2 Å². The van der Waals surface area contributed by atoms with Gasteiger partial charge in [-0.25, -0.2) is 0 Å². The first-order valence-electron chi connectivity index (χ1n) is 7.76. The largest absolute Gasteiger partial charge is 0.497 e. The number of nitrogens with zero attached hydrogens (tertiary/aromatic N) is 2. The van der Waals surface area contributed by atoms with Gasteiger partial charge in [0.05, 0.1) is 7.11 Å². The Labute approximate surface area is 152 Å². The molecule has 1 N–H and O–H groups in total. The molecule has 4 nitrogen and oxygen atoms in total. The van der Waals surface area contributed by atoms with E-state index in [2.05, 4.69) is 41.3 Å². The van der Waals surface area contributed by atoms with Crippen LogP contribution < -0.4 is 10.1 Å². The normalized spacial score (nSPS) is 10.8. The molecule has 0 amide bonds. The topological polar surface area (TPSA) is 36.9 Å². The van der Waals surface area contributed by atoms with Gasteiger partial charge in [0.15, 0.2) is 5.96 Å². The van der Waals surface area contributed by atoms with E-state index in [4.69, 9.17) is 4.74 Å². The van der Waals surface area contributed by atoms with Crippen molar-refractivity contribution in [2.45, 2.75) is 32.6 Å². The summed E-state index contributed by atoms with van der Waals surface area (Å²) in [5, 5.41) is 3.42. The maximum Gasteiger partial charge on any atom is 0.193 e. The number of methoxy groups -OCH3 is 1. The lowest BCUT2D eigenvalue weighted by Crippen LogP contribution is -2.39. The zero-order valence-corrected chi connectivity index (χ0v) is 16.6. The molecule has 0 aliphatic rings. The summed E-state index contributed by atoms with van der Waals surface area (Å²) in [6.45, 7) is 4.20. The van der Waals surface area contributed by atoms with Crippen molar-refractivity contribution in [2.24, 2.45) is 4.99 Å². The molecule has 0 heterocycles. The molecule has 0 bridgehead atoms. The number of halogens is 1. The van der Waals surface area contributed by atoms with Gasteiger partial charge < -0.3 is 15.0 Å². The van der Waals surface area contributed by atoms with Crippen molar-refractivity contribution in [2.75, 3.05) is 34.3 Å². The van der Waals surface area contributed by atoms with Crippen LogP contribution in [0.15, 0.2) is 29.3 Å². The number of aliphatic imine (C=N–C) groups is 1. The van der Waals surface area contributed by atoms with Crippen LogP contribution in [0.1, 0.15) is 31.7 Å². The standard InChI is InChI=1S/C17H29N3O.HI/c1-5-6-14-20(3)17(18-2)19-13-7-8-15-9-11-16(21-4)12-10-15;/h9-12H,5-8,13-14H2,1-4H3,(H,18,19);1H. The quantitative estimate of drug-likeness (QED) is 0.303. The molecule has 1 aromatic carbocycles. The third-order valence-electron chi connectivity index (χ3n) is 3.50. The first kappa shape index (κ1) is 21.0. The highest BCUT2D eigenvalue weighted by molar-refractivity contribution is 14.0. The zero-order chi connectivity index (χ0) is 15.5. The van der Waals surface area contributed by atoms with Crippen LogP contribution in [-0.2, 0) is 6.42 Å². The Morgan fingerprint density at radius 1 is 1.23 bits per heavy atom. The first-order chi connectivity index (χ1) is 10.2. The van der Waals surface area contributed by atoms with E-state index in [1.807, 2.05) is 19.2 Å². The monoisotopic (exact) mass is 419 g/mol. The number of guanidine groups is 1. The fourth-order valence-corrected chi connectivity index (χ4v) is 2.17. The Bertz CT molecular complexity index is 420. The summed E-state index contributed by atoms with van der Waals surface area (Å²) in [4.78, 5) is 6.51. The van der Waals surface area contributed by atoms with E-state index >= 15 is 0 Å². The molecule has 0 fully saturated rings. The number of unbranched alkanes of at least 4 members (excludes halogenated alkanes) is 1. The van der Waals surface area contributed by atoms with Crippen molar-refractivity contribution in [1.29, 1.82) is 0 Å². The van der Waals surface area contributed by atoms with Crippen molar-refractivity contribution in [3.8, 4) is 5.75 Å². The molecule has 0 radical (unpaired) electrons. The molecule has 5 heteroatoms. The molecule has 0 saturated carbocycles. The Balaban J connectivity index is 0.00000441. The van der Waals surface area contributed by atoms with Crippen LogP contribution >= 0.6 is 24.0 Å². The molecule has 0 spiro atoms. The first-order valence-corrected chi connectivity index (χ1v) is 7.76. The van der Waals surface area contributed by atoms with Crippen molar-refractivity contribution in [1.82, 2.24) is 10.2 Å². The maximum absolute atomic E-state index is 5.17. The lowest BCUT2D eigenvalue weighted by molar-refractivity contribution is 0.414. The number of nitrogens with one attached hydrogen (secondary N) is 1. The Morgan fingerprint density at radius 3 is 2.45 bits per heavy atom. The van der Waals surface area contributed by atoms with Crippen LogP contribution in [0.25, 0.3) is 0 Å². The van der Waals surface area contributed by atoms with Gasteiger partial charge in [-0.2, -0.15) is 0 Å². The second kappa shape index (κ2) is 12.6. The Hall–Kier alpha value is -0.980. The molecule has 0 unspecified atom stereocenters. The van der Waals surface area contributed by atoms with E-state index in [1.54, 1.807) is 7.11 Å². The zero-order valence-electron chi connectivity index (χ0n) is 14.3. The SMILES string of the molecule is CCCCN(C)C(=NC)NCCCc1ccc(OC)cc1.I. The highest BCUT2D eigenvalue weighted by Crippen LogP contribution is 2.12. The molecule has 1 rings (SSSR count). The minimum absolute atomic E-state index is 0. The lowest BCUT2D eigenvalue weighted by Gasteiger charge is -2.21. The number of ether oxygens (including phenoxy) is 1. The minimum Gasteiger partial charge on any atom is -0.497 e. The molecule has 22 heavy (non-hydrogen) atoms. The van der Waals surface area contributed by atoms with Crippen LogP contribution in [0.3, 0.4) is 0 Å². The summed E-state index contributed by atoms with van der Waals surface area (Å²) in [6.07, 6.45) is 4.56. The van der Waals surface area contributed by atoms with Crippen molar-refractivity contribution < 1.29 is 4.74 Å². The highest BCUT2D eigenvalue weighted by Gasteiger charge is 2.04. The van der Waals surface area contributed by atoms with E-state index in [1.165, 1.54) is 18.4 Å². The summed E-state index contributed by atoms with van der Waals surface area (Å²) in [7, 11) is 5.63. The Morgan fingerprint density at radius 2 is 1.91 bits per heavy atom. The summed E-state index contributed by atoms with van der Waals surface area (Å²) in [5.41, 5.74) is 1.34. The van der Waals surface area contributed by atoms with Gasteiger partial charge in [-0.3, -0.25) is 4.99 Å². The van der Waals surface area contributed by atoms with Crippen LogP contribution in [0, 0.1) is 0 Å². The predicted octanol–water partition coefficient (Wildman–Crippen LogP) is 3.55. The molecular formula is C17H30IN3O. The average Bonchev–Trinajstić information content (AvgIpc) is 2.53. The number of hydrogen-bond acceptors (Lipinski definition) is 2. The van der Waals surface area contributed by atoms with Gasteiger partial charge in [-0.15, -0.1) is 24.0 Å². The number of benzene rings is 1. The summed E-state index contributed by atoms with van der Waals surface area (Å²) < 4.78 is 5.17. The number of aryl methyl sites for hydroxylation is 1. The van der Waals surface area contributed by atoms with E-state index < -0.39 is 0 Å². The van der Waals surface area contributed by atoms with Crippen LogP contribution in [0.5, 0.6) is 5.75 Å². The van der Waals surface area contributed by atoms with Crippen molar-refractivity contribution in [3.63, 3.8) is 0 Å². The smallest absolute Gasteiger partial charge is 0.193 e. The molecule has 1 aromatic rings. The highest BCUT2D eigenvalue weighted by atomic mass is 127. The molecule has 0 atom stereocenters. The molecule has 0 saturated heterocycles. The van der Waals surface area contributed by atoms with Crippen molar-refractivity contribution in [3.05, 3.63) is 29.8 Å². The molecule has 126 valence electrons. The van der Waals surface area contributed by atoms with Crippen LogP contribution in [0.4, 0.5) is 0 Å². The molecule has 0 aliphatic carbocycles. The van der Waals surface area contributed by atoms with E-state index in [-0.39, 0.29) is 24.0 Å². The summed E-state index contributed by atoms with van der Waals surface area (Å²) >= 11 is 0. The third kappa shape index (κ3) is 7.87. The van der Waals surface area contributed by atoms with Gasteiger partial charge in [0.1, 0.15) is 5.75 Å². The predicted molar refractivity (Wildman–Crippen MR) is 106 cm³/mol. The summed E-state index contributed by atoms with van der Waals surface area (Å²) in [6, 6.07) is 8.28. The van der Waals surface area contributed by atoms with Crippen molar-refractivity contribution >= 4 is 29.9 Å². The van der Waals surface area contributed by atoms with Gasteiger partial charge in [0, 0.05) is 27.2 Å². The van der Waals surface area contributed by atoms with Gasteiger partial charge in [-0.05, 0) is 37.0 Å². The fourth-order valence-electron chi connectivity index (χ4n) is 2.17. The van der Waals surface area contributed by atoms with E-state index in [0.29, 0.717) is 0 Å². The lowest BCUT2D eigenvalue weighted by atomic mass is 10.1. The third-order valence-corrected chi connectivity index (χ3v) is 3.50. The van der Waals surface area contributed by atoms with Gasteiger partial charge in [-0.1, -0.05) is 25.5 Å². The minimum atomic E-state index is 0. The Kier molecular flexibility index (Phi) is 12.0. The van der Waals surface area contributed by atoms with E-state index in [9.17, 15) is 0 Å². The molecule has 0 aliphatic heterocycles. The molecule has 0 aromatic heterocycles. The van der Waals surface area contributed by atoms with Gasteiger partial charge in [0.25, 0.3) is 0 Å². The second-order valence-electron chi connectivity index (χ2n) is 5.20.